The van der Waals surface area contributed by atoms with Crippen LogP contribution >= 0.6 is 15.9 Å². The largest absolute Gasteiger partial charge is 0.382 e. The summed E-state index contributed by atoms with van der Waals surface area (Å²) in [5, 5.41) is 11.2. The number of H-pyrrole nitrogens is 2. The van der Waals surface area contributed by atoms with E-state index in [1.807, 2.05) is 36.4 Å². The van der Waals surface area contributed by atoms with Crippen LogP contribution < -0.4 is 16.8 Å². The van der Waals surface area contributed by atoms with Crippen molar-refractivity contribution in [3.05, 3.63) is 64.5 Å². The number of nitrogens with zero attached hydrogens (tertiary/aromatic N) is 2. The first-order valence-corrected chi connectivity index (χ1v) is 12.8. The quantitative estimate of drug-likeness (QED) is 0.237. The summed E-state index contributed by atoms with van der Waals surface area (Å²) in [4.78, 5) is 21.5. The maximum Gasteiger partial charge on any atom is 0.223 e. The maximum atomic E-state index is 13.3. The lowest BCUT2D eigenvalue weighted by Gasteiger charge is -2.28. The summed E-state index contributed by atoms with van der Waals surface area (Å²) in [5.74, 6) is 1.82. The fraction of sp³-hybridized carbons (Fsp3) is 0.346. The molecular formula is C26H30BrN7O. The van der Waals surface area contributed by atoms with Crippen molar-refractivity contribution in [1.29, 1.82) is 0 Å². The summed E-state index contributed by atoms with van der Waals surface area (Å²) in [6.45, 7) is 0.700. The number of imidazole rings is 1. The predicted octanol–water partition coefficient (Wildman–Crippen LogP) is 4.46. The molecule has 0 radical (unpaired) electrons. The van der Waals surface area contributed by atoms with Gasteiger partial charge in [-0.05, 0) is 78.2 Å². The van der Waals surface area contributed by atoms with Crippen LogP contribution in [0.5, 0.6) is 0 Å². The van der Waals surface area contributed by atoms with Crippen LogP contribution in [0.2, 0.25) is 0 Å². The Morgan fingerprint density at radius 2 is 1.91 bits per heavy atom. The molecule has 2 aromatic heterocycles. The van der Waals surface area contributed by atoms with E-state index in [2.05, 4.69) is 48.6 Å². The van der Waals surface area contributed by atoms with E-state index in [4.69, 9.17) is 16.5 Å². The zero-order valence-electron chi connectivity index (χ0n) is 19.4. The number of hydrogen-bond acceptors (Lipinski definition) is 5. The number of fused-ring (bicyclic) bond motifs is 1. The Bertz CT molecular complexity index is 1310. The number of anilines is 1. The molecule has 1 amide bonds. The van der Waals surface area contributed by atoms with Crippen molar-refractivity contribution in [2.24, 2.45) is 17.6 Å². The van der Waals surface area contributed by atoms with Crippen molar-refractivity contribution in [3.63, 3.8) is 0 Å². The summed E-state index contributed by atoms with van der Waals surface area (Å²) in [5.41, 5.74) is 15.4. The van der Waals surface area contributed by atoms with Crippen LogP contribution in [-0.2, 0) is 11.2 Å². The van der Waals surface area contributed by atoms with E-state index in [0.717, 1.165) is 58.0 Å². The minimum atomic E-state index is -0.284. The van der Waals surface area contributed by atoms with Gasteiger partial charge in [0.15, 0.2) is 5.82 Å². The van der Waals surface area contributed by atoms with Gasteiger partial charge in [0.05, 0.1) is 11.6 Å². The highest BCUT2D eigenvalue weighted by Crippen LogP contribution is 2.33. The lowest BCUT2D eigenvalue weighted by molar-refractivity contribution is -0.127. The van der Waals surface area contributed by atoms with Crippen LogP contribution in [0, 0.1) is 11.8 Å². The van der Waals surface area contributed by atoms with E-state index in [1.165, 1.54) is 0 Å². The molecule has 1 atom stereocenters. The highest BCUT2D eigenvalue weighted by Gasteiger charge is 2.29. The van der Waals surface area contributed by atoms with Crippen LogP contribution in [0.1, 0.15) is 43.1 Å². The number of halogens is 1. The fourth-order valence-electron chi connectivity index (χ4n) is 4.93. The molecule has 2 aromatic carbocycles. The molecule has 0 aliphatic heterocycles. The van der Waals surface area contributed by atoms with Crippen LogP contribution in [0.3, 0.4) is 0 Å². The maximum absolute atomic E-state index is 13.3. The summed E-state index contributed by atoms with van der Waals surface area (Å²) in [6.07, 6.45) is 4.42. The SMILES string of the molecule is NCC1CCC(C(=O)N[C@@H](Cc2ccccc2)c2nc(-c3ccc4c(N)n[nH]c4c3)c(Br)[nH]2)CC1. The van der Waals surface area contributed by atoms with Crippen LogP contribution in [0.25, 0.3) is 22.2 Å². The number of benzene rings is 2. The van der Waals surface area contributed by atoms with Gasteiger partial charge in [-0.3, -0.25) is 9.89 Å². The number of aromatic amines is 2. The van der Waals surface area contributed by atoms with Crippen molar-refractivity contribution in [2.45, 2.75) is 38.1 Å². The molecule has 0 unspecified atom stereocenters. The third-order valence-electron chi connectivity index (χ3n) is 7.02. The number of nitrogens with one attached hydrogen (secondary N) is 3. The first-order chi connectivity index (χ1) is 17.0. The highest BCUT2D eigenvalue weighted by molar-refractivity contribution is 9.10. The van der Waals surface area contributed by atoms with E-state index in [9.17, 15) is 4.79 Å². The molecule has 35 heavy (non-hydrogen) atoms. The van der Waals surface area contributed by atoms with Gasteiger partial charge in [0, 0.05) is 16.9 Å². The number of carbonyl (C=O) groups excluding carboxylic acids is 1. The van der Waals surface area contributed by atoms with Crippen molar-refractivity contribution >= 4 is 38.6 Å². The van der Waals surface area contributed by atoms with Gasteiger partial charge in [0.2, 0.25) is 5.91 Å². The highest BCUT2D eigenvalue weighted by atomic mass is 79.9. The molecule has 1 saturated carbocycles. The van der Waals surface area contributed by atoms with Crippen LogP contribution in [0.4, 0.5) is 5.82 Å². The Kier molecular flexibility index (Phi) is 6.88. The smallest absolute Gasteiger partial charge is 0.223 e. The zero-order chi connectivity index (χ0) is 24.4. The average Bonchev–Trinajstić information content (AvgIpc) is 3.46. The molecule has 1 aliphatic rings. The Balaban J connectivity index is 1.41. The average molecular weight is 536 g/mol. The van der Waals surface area contributed by atoms with E-state index in [0.29, 0.717) is 30.5 Å². The number of aromatic nitrogens is 4. The zero-order valence-corrected chi connectivity index (χ0v) is 21.0. The van der Waals surface area contributed by atoms with Gasteiger partial charge >= 0.3 is 0 Å². The fourth-order valence-corrected chi connectivity index (χ4v) is 5.45. The monoisotopic (exact) mass is 535 g/mol. The molecule has 8 nitrogen and oxygen atoms in total. The molecule has 9 heteroatoms. The van der Waals surface area contributed by atoms with Gasteiger partial charge < -0.3 is 21.8 Å². The molecule has 1 fully saturated rings. The second kappa shape index (κ2) is 10.2. The van der Waals surface area contributed by atoms with Gasteiger partial charge in [-0.1, -0.05) is 36.4 Å². The first kappa shape index (κ1) is 23.6. The summed E-state index contributed by atoms with van der Waals surface area (Å²) in [6, 6.07) is 15.8. The first-order valence-electron chi connectivity index (χ1n) is 12.1. The van der Waals surface area contributed by atoms with Crippen LogP contribution in [-0.4, -0.2) is 32.6 Å². The molecular weight excluding hydrogens is 506 g/mol. The lowest BCUT2D eigenvalue weighted by Crippen LogP contribution is -2.37. The van der Waals surface area contributed by atoms with E-state index < -0.39 is 0 Å². The number of nitrogens with two attached hydrogens (primary N) is 2. The Morgan fingerprint density at radius 1 is 1.14 bits per heavy atom. The standard InChI is InChI=1S/C26H30BrN7O/c27-23-22(18-10-11-19-20(13-18)33-34-24(19)29)31-25(32-23)21(12-15-4-2-1-3-5-15)30-26(35)17-8-6-16(14-28)7-9-17/h1-5,10-11,13,16-17,21H,6-9,12,14,28H2,(H,30,35)(H,31,32)(H3,29,33,34)/t16?,17?,21-/m0/s1. The number of amides is 1. The summed E-state index contributed by atoms with van der Waals surface area (Å²) < 4.78 is 0.759. The van der Waals surface area contributed by atoms with E-state index in [-0.39, 0.29) is 17.9 Å². The molecule has 0 spiro atoms. The van der Waals surface area contributed by atoms with Crippen molar-refractivity contribution < 1.29 is 4.79 Å². The third kappa shape index (κ3) is 5.11. The Morgan fingerprint density at radius 3 is 2.66 bits per heavy atom. The van der Waals surface area contributed by atoms with Crippen molar-refractivity contribution in [3.8, 4) is 11.3 Å². The Labute approximate surface area is 212 Å². The minimum Gasteiger partial charge on any atom is -0.382 e. The van der Waals surface area contributed by atoms with E-state index >= 15 is 0 Å². The van der Waals surface area contributed by atoms with Gasteiger partial charge in [0.25, 0.3) is 0 Å². The summed E-state index contributed by atoms with van der Waals surface area (Å²) >= 11 is 3.64. The van der Waals surface area contributed by atoms with Crippen molar-refractivity contribution in [2.75, 3.05) is 12.3 Å². The third-order valence-corrected chi connectivity index (χ3v) is 7.60. The van der Waals surface area contributed by atoms with E-state index in [1.54, 1.807) is 0 Å². The molecule has 182 valence electrons. The predicted molar refractivity (Wildman–Crippen MR) is 141 cm³/mol. The van der Waals surface area contributed by atoms with Gasteiger partial charge in [-0.25, -0.2) is 4.98 Å². The molecule has 2 heterocycles. The van der Waals surface area contributed by atoms with Gasteiger partial charge in [-0.15, -0.1) is 0 Å². The number of hydrogen-bond donors (Lipinski definition) is 5. The normalized spacial score (nSPS) is 19.0. The Hall–Kier alpha value is -3.17. The number of carbonyl (C=O) groups is 1. The van der Waals surface area contributed by atoms with Gasteiger partial charge in [-0.2, -0.15) is 5.10 Å². The summed E-state index contributed by atoms with van der Waals surface area (Å²) in [7, 11) is 0. The molecule has 4 aromatic rings. The topological polar surface area (TPSA) is 138 Å². The van der Waals surface area contributed by atoms with Crippen molar-refractivity contribution in [1.82, 2.24) is 25.5 Å². The minimum absolute atomic E-state index is 0.0159. The molecule has 7 N–H and O–H groups in total. The molecule has 1 aliphatic carbocycles. The lowest BCUT2D eigenvalue weighted by atomic mass is 9.81. The van der Waals surface area contributed by atoms with Crippen LogP contribution in [0.15, 0.2) is 53.1 Å². The molecule has 0 saturated heterocycles. The number of rotatable bonds is 7. The molecule has 0 bridgehead atoms. The molecule has 5 rings (SSSR count). The second-order valence-corrected chi connectivity index (χ2v) is 10.2. The number of nitrogen functional groups attached to an aromatic ring is 1. The van der Waals surface area contributed by atoms with Gasteiger partial charge in [0.1, 0.15) is 16.1 Å². The second-order valence-electron chi connectivity index (χ2n) is 9.36.